The predicted octanol–water partition coefficient (Wildman–Crippen LogP) is 6.63. The van der Waals surface area contributed by atoms with Crippen LogP contribution in [0, 0.1) is 10.5 Å². The maximum absolute atomic E-state index is 13.8. The Morgan fingerprint density at radius 1 is 1.17 bits per heavy atom. The molecule has 0 bridgehead atoms. The van der Waals surface area contributed by atoms with E-state index in [0.29, 0.717) is 40.6 Å². The maximum Gasteiger partial charge on any atom is 0.433 e. The number of alkyl halides is 3. The normalized spacial score (nSPS) is 11.7. The summed E-state index contributed by atoms with van der Waals surface area (Å²) in [6.45, 7) is 4.10. The molecule has 2 amide bonds. The first kappa shape index (κ1) is 28.6. The summed E-state index contributed by atoms with van der Waals surface area (Å²) in [6.07, 6.45) is -3.32. The van der Waals surface area contributed by atoms with Crippen molar-refractivity contribution in [1.29, 1.82) is 0 Å². The number of fused-ring (bicyclic) bond motifs is 1. The highest BCUT2D eigenvalue weighted by Gasteiger charge is 2.35. The van der Waals surface area contributed by atoms with Gasteiger partial charge in [-0.1, -0.05) is 0 Å². The number of primary amides is 1. The minimum atomic E-state index is -4.76. The number of ether oxygens (including phenoxy) is 1. The summed E-state index contributed by atoms with van der Waals surface area (Å²) in [5.74, 6) is -0.797. The SMILES string of the molecule is CCn1ncc(-c2cc(C(F)(F)F)nc3sc(C(N)=O)c(NC(=O)c4ccc(COc5ccc(I)cc5)o4)c23)c1C. The molecule has 0 atom stereocenters. The number of hydrogen-bond acceptors (Lipinski definition) is 7. The number of carbonyl (C=O) groups is 2. The van der Waals surface area contributed by atoms with Crippen molar-refractivity contribution in [3.8, 4) is 16.9 Å². The van der Waals surface area contributed by atoms with Crippen molar-refractivity contribution in [3.63, 3.8) is 0 Å². The summed E-state index contributed by atoms with van der Waals surface area (Å²) in [5, 5.41) is 7.00. The van der Waals surface area contributed by atoms with Crippen molar-refractivity contribution in [3.05, 3.63) is 80.0 Å². The van der Waals surface area contributed by atoms with Gasteiger partial charge in [0.15, 0.2) is 5.76 Å². The fraction of sp³-hybridized carbons (Fsp3) is 0.185. The largest absolute Gasteiger partial charge is 0.486 e. The first-order chi connectivity index (χ1) is 19.5. The molecule has 0 fully saturated rings. The number of hydrogen-bond donors (Lipinski definition) is 2. The van der Waals surface area contributed by atoms with Gasteiger partial charge in [0.1, 0.15) is 33.5 Å². The molecule has 9 nitrogen and oxygen atoms in total. The Hall–Kier alpha value is -3.92. The molecule has 0 saturated heterocycles. The lowest BCUT2D eigenvalue weighted by atomic mass is 10.0. The molecule has 1 aromatic carbocycles. The van der Waals surface area contributed by atoms with Gasteiger partial charge in [-0.3, -0.25) is 14.3 Å². The molecule has 212 valence electrons. The molecule has 0 unspecified atom stereocenters. The van der Waals surface area contributed by atoms with Gasteiger partial charge in [-0.2, -0.15) is 18.3 Å². The summed E-state index contributed by atoms with van der Waals surface area (Å²) in [6, 6.07) is 11.2. The van der Waals surface area contributed by atoms with Crippen LogP contribution in [-0.4, -0.2) is 26.6 Å². The number of amides is 2. The van der Waals surface area contributed by atoms with E-state index in [1.54, 1.807) is 29.8 Å². The van der Waals surface area contributed by atoms with Gasteiger partial charge in [-0.15, -0.1) is 11.3 Å². The molecule has 14 heteroatoms. The monoisotopic (exact) mass is 695 g/mol. The molecular weight excluding hydrogens is 674 g/mol. The van der Waals surface area contributed by atoms with Gasteiger partial charge in [0.05, 0.1) is 11.9 Å². The third-order valence-corrected chi connectivity index (χ3v) is 8.01. The fourth-order valence-corrected chi connectivity index (χ4v) is 5.58. The number of nitrogens with zero attached hydrogens (tertiary/aromatic N) is 3. The lowest BCUT2D eigenvalue weighted by Crippen LogP contribution is -2.16. The number of aryl methyl sites for hydroxylation is 1. The smallest absolute Gasteiger partial charge is 0.433 e. The van der Waals surface area contributed by atoms with Gasteiger partial charge in [-0.25, -0.2) is 4.98 Å². The Labute approximate surface area is 248 Å². The van der Waals surface area contributed by atoms with E-state index in [9.17, 15) is 22.8 Å². The highest BCUT2D eigenvalue weighted by molar-refractivity contribution is 14.1. The van der Waals surface area contributed by atoms with Crippen molar-refractivity contribution >= 4 is 61.6 Å². The number of thiophene rings is 1. The van der Waals surface area contributed by atoms with Gasteiger partial charge in [0.25, 0.3) is 11.8 Å². The first-order valence-corrected chi connectivity index (χ1v) is 14.0. The maximum atomic E-state index is 13.8. The van der Waals surface area contributed by atoms with Crippen LogP contribution in [0.4, 0.5) is 18.9 Å². The molecule has 0 spiro atoms. The highest BCUT2D eigenvalue weighted by Crippen LogP contribution is 2.44. The average Bonchev–Trinajstić information content (AvgIpc) is 3.64. The Morgan fingerprint density at radius 2 is 1.90 bits per heavy atom. The second-order valence-corrected chi connectivity index (χ2v) is 11.1. The number of halogens is 4. The molecule has 5 rings (SSSR count). The van der Waals surface area contributed by atoms with Crippen molar-refractivity contribution in [2.75, 3.05) is 5.32 Å². The van der Waals surface area contributed by atoms with Crippen LogP contribution in [0.3, 0.4) is 0 Å². The first-order valence-electron chi connectivity index (χ1n) is 12.1. The van der Waals surface area contributed by atoms with Gasteiger partial charge >= 0.3 is 6.18 Å². The lowest BCUT2D eigenvalue weighted by molar-refractivity contribution is -0.140. The predicted molar refractivity (Wildman–Crippen MR) is 155 cm³/mol. The minimum absolute atomic E-state index is 0.0524. The number of carbonyl (C=O) groups excluding carboxylic acids is 2. The zero-order chi connectivity index (χ0) is 29.5. The van der Waals surface area contributed by atoms with E-state index >= 15 is 0 Å². The van der Waals surface area contributed by atoms with Crippen molar-refractivity contribution in [2.24, 2.45) is 5.73 Å². The molecule has 0 aliphatic heterocycles. The van der Waals surface area contributed by atoms with Crippen LogP contribution in [0.25, 0.3) is 21.3 Å². The van der Waals surface area contributed by atoms with Crippen molar-refractivity contribution < 1.29 is 31.9 Å². The topological polar surface area (TPSA) is 125 Å². The van der Waals surface area contributed by atoms with Crippen LogP contribution >= 0.6 is 33.9 Å². The number of nitrogens with one attached hydrogen (secondary N) is 1. The van der Waals surface area contributed by atoms with Crippen LogP contribution < -0.4 is 15.8 Å². The summed E-state index contributed by atoms with van der Waals surface area (Å²) in [5.41, 5.74) is 5.46. The fourth-order valence-electron chi connectivity index (χ4n) is 4.22. The van der Waals surface area contributed by atoms with Crippen LogP contribution in [0.15, 0.2) is 53.1 Å². The van der Waals surface area contributed by atoms with Crippen LogP contribution in [0.5, 0.6) is 5.75 Å². The Balaban J connectivity index is 1.54. The summed E-state index contributed by atoms with van der Waals surface area (Å²) in [7, 11) is 0. The lowest BCUT2D eigenvalue weighted by Gasteiger charge is -2.12. The van der Waals surface area contributed by atoms with E-state index < -0.39 is 23.7 Å². The highest BCUT2D eigenvalue weighted by atomic mass is 127. The molecule has 4 aromatic heterocycles. The number of pyridine rings is 1. The second kappa shape index (κ2) is 11.2. The summed E-state index contributed by atoms with van der Waals surface area (Å²) in [4.78, 5) is 29.1. The van der Waals surface area contributed by atoms with Crippen LogP contribution in [0.1, 0.15) is 44.3 Å². The quantitative estimate of drug-likeness (QED) is 0.176. The van der Waals surface area contributed by atoms with E-state index in [-0.39, 0.29) is 38.7 Å². The van der Waals surface area contributed by atoms with E-state index in [4.69, 9.17) is 14.9 Å². The minimum Gasteiger partial charge on any atom is -0.486 e. The molecule has 3 N–H and O–H groups in total. The number of anilines is 1. The number of nitrogens with two attached hydrogens (primary N) is 1. The summed E-state index contributed by atoms with van der Waals surface area (Å²) < 4.78 is 55.4. The third-order valence-electron chi connectivity index (χ3n) is 6.19. The number of aromatic nitrogens is 3. The Bertz CT molecular complexity index is 1780. The van der Waals surface area contributed by atoms with Crippen molar-refractivity contribution in [1.82, 2.24) is 14.8 Å². The Morgan fingerprint density at radius 3 is 2.54 bits per heavy atom. The van der Waals surface area contributed by atoms with Gasteiger partial charge in [0, 0.05) is 26.8 Å². The molecule has 0 aliphatic carbocycles. The average molecular weight is 695 g/mol. The molecule has 4 heterocycles. The molecule has 0 radical (unpaired) electrons. The van der Waals surface area contributed by atoms with E-state index in [1.807, 2.05) is 19.1 Å². The number of benzene rings is 1. The number of rotatable bonds is 8. The zero-order valence-corrected chi connectivity index (χ0v) is 24.5. The standard InChI is InChI=1S/C27H21F3IN5O4S/c1-3-36-13(2)18(11-33-36)17-10-20(27(28,29)30)34-26-21(17)22(23(41-26)24(32)37)35-25(38)19-9-8-16(40-19)12-39-15-6-4-14(31)5-7-15/h4-11H,3,12H2,1-2H3,(H2,32,37)(H,35,38). The molecular formula is C27H21F3IN5O4S. The summed E-state index contributed by atoms with van der Waals surface area (Å²) >= 11 is 2.84. The third kappa shape index (κ3) is 5.79. The van der Waals surface area contributed by atoms with Gasteiger partial charge < -0.3 is 20.2 Å². The molecule has 0 saturated carbocycles. The van der Waals surface area contributed by atoms with E-state index in [2.05, 4.69) is 38.0 Å². The molecule has 41 heavy (non-hydrogen) atoms. The van der Waals surface area contributed by atoms with E-state index in [0.717, 1.165) is 9.64 Å². The van der Waals surface area contributed by atoms with E-state index in [1.165, 1.54) is 12.3 Å². The van der Waals surface area contributed by atoms with Gasteiger partial charge in [-0.05, 0) is 84.5 Å². The van der Waals surface area contributed by atoms with Crippen LogP contribution in [-0.2, 0) is 19.3 Å². The zero-order valence-electron chi connectivity index (χ0n) is 21.5. The van der Waals surface area contributed by atoms with Gasteiger partial charge in [0.2, 0.25) is 0 Å². The van der Waals surface area contributed by atoms with Crippen molar-refractivity contribution in [2.45, 2.75) is 33.2 Å². The second-order valence-electron chi connectivity index (χ2n) is 8.83. The van der Waals surface area contributed by atoms with Crippen LogP contribution in [0.2, 0.25) is 0 Å². The molecule has 0 aliphatic rings. The number of furan rings is 1. The Kier molecular flexibility index (Phi) is 7.78. The molecule has 5 aromatic rings.